The summed E-state index contributed by atoms with van der Waals surface area (Å²) >= 11 is 6.68. The van der Waals surface area contributed by atoms with Crippen molar-refractivity contribution in [2.24, 2.45) is 0 Å². The number of thiocarbonyl (C=S) groups is 1. The van der Waals surface area contributed by atoms with Gasteiger partial charge in [0.1, 0.15) is 17.1 Å². The zero-order chi connectivity index (χ0) is 23.8. The number of alkyl halides is 3. The number of β-lactam (4-membered cyclic amide) rings is 1. The molecule has 1 fully saturated rings. The Labute approximate surface area is 191 Å². The molecule has 2 aliphatic heterocycles. The number of hydrogen-bond donors (Lipinski definition) is 3. The van der Waals surface area contributed by atoms with E-state index in [0.717, 1.165) is 28.4 Å². The molecule has 0 aromatic carbocycles. The summed E-state index contributed by atoms with van der Waals surface area (Å²) < 4.78 is 72.9. The van der Waals surface area contributed by atoms with Crippen LogP contribution in [0.2, 0.25) is 0 Å². The summed E-state index contributed by atoms with van der Waals surface area (Å²) in [4.78, 5) is 24.7. The van der Waals surface area contributed by atoms with Crippen molar-refractivity contribution in [3.63, 3.8) is 0 Å². The number of carbonyl (C=O) groups is 2. The second kappa shape index (κ2) is 9.16. The van der Waals surface area contributed by atoms with Gasteiger partial charge in [0.2, 0.25) is 5.89 Å². The molecule has 3 heterocycles. The minimum absolute atomic E-state index is 0.00320. The number of rotatable bonds is 8. The molecule has 2 aliphatic rings. The highest BCUT2D eigenvalue weighted by Crippen LogP contribution is 2.41. The number of amides is 1. The van der Waals surface area contributed by atoms with E-state index >= 15 is 0 Å². The summed E-state index contributed by atoms with van der Waals surface area (Å²) in [5, 5.41) is 18.2. The fourth-order valence-electron chi connectivity index (χ4n) is 2.86. The molecule has 0 spiro atoms. The maximum atomic E-state index is 12.5. The van der Waals surface area contributed by atoms with Gasteiger partial charge in [-0.15, -0.1) is 22.0 Å². The summed E-state index contributed by atoms with van der Waals surface area (Å²) in [5.41, 5.74) is 0.0201. The summed E-state index contributed by atoms with van der Waals surface area (Å²) in [6, 6.07) is -1.07. The number of aliphatic carboxylic acids is 1. The van der Waals surface area contributed by atoms with Gasteiger partial charge in [-0.05, 0) is 5.57 Å². The quantitative estimate of drug-likeness (QED) is 0.188. The first-order valence-electron chi connectivity index (χ1n) is 8.41. The third-order valence-corrected chi connectivity index (χ3v) is 7.17. The highest BCUT2D eigenvalue weighted by molar-refractivity contribution is 8.01. The zero-order valence-electron chi connectivity index (χ0n) is 15.5. The van der Waals surface area contributed by atoms with Crippen molar-refractivity contribution in [1.29, 1.82) is 0 Å². The Morgan fingerprint density at radius 2 is 2.09 bits per heavy atom. The van der Waals surface area contributed by atoms with E-state index in [4.69, 9.17) is 8.97 Å². The van der Waals surface area contributed by atoms with E-state index in [1.807, 2.05) is 0 Å². The second-order valence-electron chi connectivity index (χ2n) is 6.48. The number of fused-ring (bicyclic) bond motifs is 1. The molecule has 3 rings (SSSR count). The van der Waals surface area contributed by atoms with Gasteiger partial charge in [-0.2, -0.15) is 21.6 Å². The van der Waals surface area contributed by atoms with Gasteiger partial charge in [0, 0.05) is 11.5 Å². The Balaban J connectivity index is 1.68. The largest absolute Gasteiger partial charge is 0.477 e. The summed E-state index contributed by atoms with van der Waals surface area (Å²) in [6.45, 7) is 0. The van der Waals surface area contributed by atoms with Crippen LogP contribution in [-0.2, 0) is 25.5 Å². The van der Waals surface area contributed by atoms with Gasteiger partial charge in [0.05, 0.1) is 11.4 Å². The van der Waals surface area contributed by atoms with Gasteiger partial charge < -0.3 is 14.8 Å². The van der Waals surface area contributed by atoms with Gasteiger partial charge >= 0.3 is 12.1 Å². The van der Waals surface area contributed by atoms with Crippen LogP contribution in [0.25, 0.3) is 0 Å². The predicted octanol–water partition coefficient (Wildman–Crippen LogP) is 1.04. The van der Waals surface area contributed by atoms with Crippen molar-refractivity contribution in [1.82, 2.24) is 20.4 Å². The van der Waals surface area contributed by atoms with E-state index in [-0.39, 0.29) is 28.3 Å². The molecule has 1 aromatic heterocycles. The Hall–Kier alpha value is -1.89. The van der Waals surface area contributed by atoms with Crippen LogP contribution in [0.15, 0.2) is 20.9 Å². The number of thioether (sulfide) groups is 2. The Kier molecular flexibility index (Phi) is 7.08. The molecule has 2 atom stereocenters. The lowest BCUT2D eigenvalue weighted by Gasteiger charge is -2.49. The maximum Gasteiger partial charge on any atom is 0.395 e. The number of hydrogen-bond acceptors (Lipinski definition) is 10. The van der Waals surface area contributed by atoms with Gasteiger partial charge in [-0.3, -0.25) is 14.2 Å². The molecule has 1 unspecified atom stereocenters. The average molecular weight is 535 g/mol. The Morgan fingerprint density at radius 3 is 2.69 bits per heavy atom. The second-order valence-corrected chi connectivity index (χ2v) is 10.5. The molecule has 1 amide bonds. The molecular formula is C14H13F3N4O7S4. The average Bonchev–Trinajstić information content (AvgIpc) is 3.07. The number of aromatic nitrogens is 2. The number of carbonyl (C=O) groups excluding carboxylic acids is 1. The van der Waals surface area contributed by atoms with Gasteiger partial charge in [-0.1, -0.05) is 24.0 Å². The van der Waals surface area contributed by atoms with Crippen LogP contribution in [0.1, 0.15) is 12.3 Å². The Bertz CT molecular complexity index is 1090. The molecule has 0 saturated carbocycles. The Morgan fingerprint density at radius 1 is 1.41 bits per heavy atom. The molecule has 3 N–H and O–H groups in total. The smallest absolute Gasteiger partial charge is 0.395 e. The highest BCUT2D eigenvalue weighted by Gasteiger charge is 2.54. The first kappa shape index (κ1) is 24.7. The van der Waals surface area contributed by atoms with E-state index in [1.54, 1.807) is 0 Å². The first-order valence-corrected chi connectivity index (χ1v) is 12.5. The fourth-order valence-corrected chi connectivity index (χ4v) is 5.85. The molecule has 176 valence electrons. The fraction of sp³-hybridized carbons (Fsp3) is 0.500. The number of nitrogens with zero attached hydrogens (tertiary/aromatic N) is 3. The lowest BCUT2D eigenvalue weighted by atomic mass is 10.0. The molecule has 1 saturated heterocycles. The lowest BCUT2D eigenvalue weighted by molar-refractivity contribution is -0.148. The van der Waals surface area contributed by atoms with E-state index in [2.05, 4.69) is 27.7 Å². The van der Waals surface area contributed by atoms with Gasteiger partial charge in [0.25, 0.3) is 21.2 Å². The molecule has 18 heteroatoms. The molecule has 0 bridgehead atoms. The summed E-state index contributed by atoms with van der Waals surface area (Å²) in [5.74, 6) is -3.20. The molecular weight excluding hydrogens is 521 g/mol. The topological polar surface area (TPSA) is 163 Å². The van der Waals surface area contributed by atoms with Crippen LogP contribution < -0.4 is 5.32 Å². The van der Waals surface area contributed by atoms with Crippen LogP contribution in [0.5, 0.6) is 0 Å². The third kappa shape index (κ3) is 5.91. The maximum absolute atomic E-state index is 12.5. The lowest BCUT2D eigenvalue weighted by Crippen LogP contribution is -2.70. The van der Waals surface area contributed by atoms with Crippen molar-refractivity contribution >= 4 is 62.7 Å². The van der Waals surface area contributed by atoms with Crippen LogP contribution in [0, 0.1) is 0 Å². The number of carboxylic acid groups (broad SMARTS) is 1. The van der Waals surface area contributed by atoms with Crippen molar-refractivity contribution in [2.45, 2.75) is 35.0 Å². The first-order chi connectivity index (χ1) is 14.7. The van der Waals surface area contributed by atoms with E-state index in [1.165, 1.54) is 0 Å². The summed E-state index contributed by atoms with van der Waals surface area (Å²) in [7, 11) is -4.37. The molecule has 0 aliphatic carbocycles. The molecule has 0 radical (unpaired) electrons. The van der Waals surface area contributed by atoms with Crippen molar-refractivity contribution in [3.05, 3.63) is 17.2 Å². The molecule has 11 nitrogen and oxygen atoms in total. The van der Waals surface area contributed by atoms with E-state index in [0.29, 0.717) is 5.57 Å². The number of halogens is 3. The minimum atomic E-state index is -4.54. The van der Waals surface area contributed by atoms with E-state index in [9.17, 15) is 36.3 Å². The van der Waals surface area contributed by atoms with Crippen LogP contribution in [0.3, 0.4) is 0 Å². The SMILES string of the molecule is O=C(O)C1=C(CSc2nnc(CS(=O)(=O)O)o2)CS[C@@H]2C(NC(=S)CC(F)(F)F)C(=O)N12. The summed E-state index contributed by atoms with van der Waals surface area (Å²) in [6.07, 6.45) is -5.93. The normalized spacial score (nSPS) is 21.2. The molecule has 32 heavy (non-hydrogen) atoms. The predicted molar refractivity (Wildman–Crippen MR) is 108 cm³/mol. The molecule has 1 aromatic rings. The van der Waals surface area contributed by atoms with Crippen LogP contribution in [-0.4, -0.2) is 79.1 Å². The minimum Gasteiger partial charge on any atom is -0.477 e. The third-order valence-electron chi connectivity index (χ3n) is 4.05. The monoisotopic (exact) mass is 534 g/mol. The highest BCUT2D eigenvalue weighted by atomic mass is 32.2. The number of carboxylic acids is 1. The van der Waals surface area contributed by atoms with E-state index < -0.39 is 56.7 Å². The van der Waals surface area contributed by atoms with Crippen LogP contribution >= 0.6 is 35.7 Å². The van der Waals surface area contributed by atoms with Crippen molar-refractivity contribution < 1.29 is 45.3 Å². The standard InChI is InChI=1S/C14H13F3N4O7S4/c15-14(16,17)1-7(29)18-8-10(22)21-9(12(23)24)5(2-30-11(8)21)3-31-13-20-19-6(28-13)4-32(25,26)27/h8,11H,1-4H2,(H,18,29)(H,23,24)(H,25,26,27)/t8?,11-/m1/s1. The zero-order valence-corrected chi connectivity index (χ0v) is 18.8. The van der Waals surface area contributed by atoms with Gasteiger partial charge in [-0.25, -0.2) is 4.79 Å². The van der Waals surface area contributed by atoms with Gasteiger partial charge in [0.15, 0.2) is 5.75 Å². The van der Waals surface area contributed by atoms with Crippen LogP contribution in [0.4, 0.5) is 13.2 Å². The number of nitrogens with one attached hydrogen (secondary N) is 1. The van der Waals surface area contributed by atoms with Crippen molar-refractivity contribution in [2.75, 3.05) is 11.5 Å². The van der Waals surface area contributed by atoms with Crippen molar-refractivity contribution in [3.8, 4) is 0 Å².